The molecule has 0 saturated heterocycles. The Morgan fingerprint density at radius 3 is 2.60 bits per heavy atom. The Hall–Kier alpha value is -1.22. The second-order valence-electron chi connectivity index (χ2n) is 6.37. The number of ether oxygens (including phenoxy) is 2. The summed E-state index contributed by atoms with van der Waals surface area (Å²) < 4.78 is 10.4. The number of phenolic OH excluding ortho intramolecular Hbond substituents is 1. The highest BCUT2D eigenvalue weighted by Crippen LogP contribution is 2.43. The van der Waals surface area contributed by atoms with Gasteiger partial charge in [-0.1, -0.05) is 6.42 Å². The number of hydrogen-bond acceptors (Lipinski definition) is 4. The van der Waals surface area contributed by atoms with E-state index in [1.807, 2.05) is 6.07 Å². The first-order chi connectivity index (χ1) is 11.6. The van der Waals surface area contributed by atoms with Gasteiger partial charge in [0.2, 0.25) is 0 Å². The summed E-state index contributed by atoms with van der Waals surface area (Å²) in [5.74, 6) is 1.70. The first kappa shape index (κ1) is 21.8. The van der Waals surface area contributed by atoms with Crippen LogP contribution in [0.15, 0.2) is 23.2 Å². The summed E-state index contributed by atoms with van der Waals surface area (Å²) in [6, 6.07) is 5.20. The Kier molecular flexibility index (Phi) is 9.34. The number of hydrogen-bond donors (Lipinski definition) is 3. The van der Waals surface area contributed by atoms with Crippen LogP contribution in [0.25, 0.3) is 0 Å². The van der Waals surface area contributed by atoms with Crippen LogP contribution in [0.2, 0.25) is 0 Å². The number of nitrogens with one attached hydrogen (secondary N) is 2. The van der Waals surface area contributed by atoms with Crippen LogP contribution in [-0.2, 0) is 11.3 Å². The third kappa shape index (κ3) is 6.22. The molecule has 0 aromatic heterocycles. The molecule has 0 bridgehead atoms. The Morgan fingerprint density at radius 2 is 2.04 bits per heavy atom. The van der Waals surface area contributed by atoms with Gasteiger partial charge in [-0.2, -0.15) is 0 Å². The minimum atomic E-state index is 0. The van der Waals surface area contributed by atoms with Gasteiger partial charge in [-0.05, 0) is 42.9 Å². The van der Waals surface area contributed by atoms with Gasteiger partial charge in [0.05, 0.1) is 7.11 Å². The van der Waals surface area contributed by atoms with Gasteiger partial charge >= 0.3 is 0 Å². The van der Waals surface area contributed by atoms with Crippen molar-refractivity contribution in [1.82, 2.24) is 10.6 Å². The number of halogens is 1. The van der Waals surface area contributed by atoms with E-state index in [0.29, 0.717) is 12.0 Å². The number of phenols is 1. The number of benzene rings is 1. The first-order valence-corrected chi connectivity index (χ1v) is 8.42. The third-order valence-electron chi connectivity index (χ3n) is 4.84. The van der Waals surface area contributed by atoms with Gasteiger partial charge in [0, 0.05) is 39.4 Å². The maximum absolute atomic E-state index is 9.95. The van der Waals surface area contributed by atoms with Crippen LogP contribution in [0.3, 0.4) is 0 Å². The minimum Gasteiger partial charge on any atom is -0.508 e. The topological polar surface area (TPSA) is 75.1 Å². The summed E-state index contributed by atoms with van der Waals surface area (Å²) in [4.78, 5) is 4.27. The molecule has 1 aromatic rings. The van der Waals surface area contributed by atoms with Crippen LogP contribution in [0.1, 0.15) is 31.2 Å². The Labute approximate surface area is 167 Å². The standard InChI is InChI=1S/C18H29N3O3.HI/c1-19-17(21-13-18(7-4-8-18)9-10-23-2)20-12-14-11-15(24-3)5-6-16(14)22;/h5-6,11,22H,4,7-10,12-13H2,1-3H3,(H2,19,20,21);1H. The zero-order valence-corrected chi connectivity index (χ0v) is 17.6. The molecule has 0 amide bonds. The van der Waals surface area contributed by atoms with E-state index in [-0.39, 0.29) is 29.7 Å². The molecule has 1 fully saturated rings. The summed E-state index contributed by atoms with van der Waals surface area (Å²) >= 11 is 0. The number of aliphatic imine (C=N–C) groups is 1. The molecule has 1 aliphatic carbocycles. The van der Waals surface area contributed by atoms with Gasteiger partial charge < -0.3 is 25.2 Å². The van der Waals surface area contributed by atoms with E-state index in [2.05, 4.69) is 15.6 Å². The van der Waals surface area contributed by atoms with Crippen molar-refractivity contribution in [3.8, 4) is 11.5 Å². The molecule has 3 N–H and O–H groups in total. The SMILES string of the molecule is CN=C(NCc1cc(OC)ccc1O)NCC1(CCOC)CCC1.I. The van der Waals surface area contributed by atoms with E-state index >= 15 is 0 Å². The monoisotopic (exact) mass is 463 g/mol. The summed E-state index contributed by atoms with van der Waals surface area (Å²) in [5.41, 5.74) is 1.10. The maximum atomic E-state index is 9.95. The van der Waals surface area contributed by atoms with Crippen molar-refractivity contribution >= 4 is 29.9 Å². The van der Waals surface area contributed by atoms with Gasteiger partial charge in [-0.15, -0.1) is 24.0 Å². The molecule has 1 saturated carbocycles. The highest BCUT2D eigenvalue weighted by molar-refractivity contribution is 14.0. The smallest absolute Gasteiger partial charge is 0.191 e. The van der Waals surface area contributed by atoms with Gasteiger partial charge in [0.25, 0.3) is 0 Å². The number of rotatable bonds is 8. The molecule has 1 aliphatic rings. The average molecular weight is 463 g/mol. The van der Waals surface area contributed by atoms with E-state index in [0.717, 1.165) is 36.8 Å². The molecule has 2 rings (SSSR count). The van der Waals surface area contributed by atoms with Gasteiger partial charge in [0.1, 0.15) is 11.5 Å². The van der Waals surface area contributed by atoms with Crippen LogP contribution < -0.4 is 15.4 Å². The van der Waals surface area contributed by atoms with Crippen molar-refractivity contribution in [3.05, 3.63) is 23.8 Å². The van der Waals surface area contributed by atoms with Crippen molar-refractivity contribution in [3.63, 3.8) is 0 Å². The van der Waals surface area contributed by atoms with Crippen molar-refractivity contribution in [1.29, 1.82) is 0 Å². The molecule has 7 heteroatoms. The van der Waals surface area contributed by atoms with Gasteiger partial charge in [-0.25, -0.2) is 0 Å². The molecule has 0 aliphatic heterocycles. The fraction of sp³-hybridized carbons (Fsp3) is 0.611. The van der Waals surface area contributed by atoms with Crippen LogP contribution in [0.5, 0.6) is 11.5 Å². The van der Waals surface area contributed by atoms with Crippen molar-refractivity contribution in [2.24, 2.45) is 10.4 Å². The lowest BCUT2D eigenvalue weighted by Crippen LogP contribution is -2.46. The molecular formula is C18H30IN3O3. The first-order valence-electron chi connectivity index (χ1n) is 8.42. The van der Waals surface area contributed by atoms with Crippen molar-refractivity contribution < 1.29 is 14.6 Å². The molecule has 0 unspecified atom stereocenters. The predicted molar refractivity (Wildman–Crippen MR) is 111 cm³/mol. The van der Waals surface area contributed by atoms with Crippen molar-refractivity contribution in [2.45, 2.75) is 32.2 Å². The number of nitrogens with zero attached hydrogens (tertiary/aromatic N) is 1. The van der Waals surface area contributed by atoms with Crippen LogP contribution in [0, 0.1) is 5.41 Å². The number of methoxy groups -OCH3 is 2. The van der Waals surface area contributed by atoms with Crippen LogP contribution in [-0.4, -0.2) is 45.5 Å². The normalized spacial score (nSPS) is 15.7. The zero-order valence-electron chi connectivity index (χ0n) is 15.3. The minimum absolute atomic E-state index is 0. The summed E-state index contributed by atoms with van der Waals surface area (Å²) in [6.45, 7) is 2.17. The lowest BCUT2D eigenvalue weighted by Gasteiger charge is -2.42. The van der Waals surface area contributed by atoms with E-state index in [1.54, 1.807) is 33.4 Å². The molecular weight excluding hydrogens is 433 g/mol. The molecule has 6 nitrogen and oxygen atoms in total. The Balaban J connectivity index is 0.00000312. The van der Waals surface area contributed by atoms with Crippen LogP contribution >= 0.6 is 24.0 Å². The fourth-order valence-corrected chi connectivity index (χ4v) is 3.01. The van der Waals surface area contributed by atoms with E-state index in [4.69, 9.17) is 9.47 Å². The highest BCUT2D eigenvalue weighted by atomic mass is 127. The zero-order chi connectivity index (χ0) is 17.4. The molecule has 0 spiro atoms. The summed E-state index contributed by atoms with van der Waals surface area (Å²) in [5, 5.41) is 16.6. The molecule has 0 heterocycles. The maximum Gasteiger partial charge on any atom is 0.191 e. The van der Waals surface area contributed by atoms with E-state index in [1.165, 1.54) is 19.3 Å². The van der Waals surface area contributed by atoms with Crippen LogP contribution in [0.4, 0.5) is 0 Å². The summed E-state index contributed by atoms with van der Waals surface area (Å²) in [6.07, 6.45) is 4.83. The highest BCUT2D eigenvalue weighted by Gasteiger charge is 2.36. The molecule has 142 valence electrons. The second-order valence-corrected chi connectivity index (χ2v) is 6.37. The number of guanidine groups is 1. The molecule has 0 atom stereocenters. The van der Waals surface area contributed by atoms with Crippen molar-refractivity contribution in [2.75, 3.05) is 34.4 Å². The Morgan fingerprint density at radius 1 is 1.28 bits per heavy atom. The van der Waals surface area contributed by atoms with Gasteiger partial charge in [-0.3, -0.25) is 4.99 Å². The number of aromatic hydroxyl groups is 1. The third-order valence-corrected chi connectivity index (χ3v) is 4.84. The lowest BCUT2D eigenvalue weighted by atomic mass is 9.67. The predicted octanol–water partition coefficient (Wildman–Crippen LogP) is 2.89. The molecule has 0 radical (unpaired) electrons. The summed E-state index contributed by atoms with van der Waals surface area (Å²) in [7, 11) is 5.12. The fourth-order valence-electron chi connectivity index (χ4n) is 3.01. The van der Waals surface area contributed by atoms with E-state index < -0.39 is 0 Å². The largest absolute Gasteiger partial charge is 0.508 e. The lowest BCUT2D eigenvalue weighted by molar-refractivity contribution is 0.0732. The van der Waals surface area contributed by atoms with E-state index in [9.17, 15) is 5.11 Å². The average Bonchev–Trinajstić information content (AvgIpc) is 2.57. The molecule has 1 aromatic carbocycles. The molecule has 25 heavy (non-hydrogen) atoms. The quantitative estimate of drug-likeness (QED) is 0.314. The Bertz CT molecular complexity index is 562. The second kappa shape index (κ2) is 10.7. The van der Waals surface area contributed by atoms with Gasteiger partial charge in [0.15, 0.2) is 5.96 Å².